The van der Waals surface area contributed by atoms with Crippen LogP contribution in [0, 0.1) is 0 Å². The Morgan fingerprint density at radius 1 is 1.21 bits per heavy atom. The number of rotatable bonds is 7. The van der Waals surface area contributed by atoms with E-state index in [0.29, 0.717) is 35.4 Å². The van der Waals surface area contributed by atoms with E-state index >= 15 is 0 Å². The number of nitrogens with zero attached hydrogens (tertiary/aromatic N) is 7. The minimum absolute atomic E-state index is 0.0301. The van der Waals surface area contributed by atoms with Gasteiger partial charge in [0.15, 0.2) is 5.65 Å². The average molecular weight is 561 g/mol. The molecular formula is C27H25ClN8O2S. The van der Waals surface area contributed by atoms with Crippen LogP contribution < -0.4 is 10.1 Å². The number of nitrogens with one attached hydrogen (secondary N) is 1. The SMILES string of the molecule is CN(C)C/C=C/C(=O)N1CCc2c(sc3ncnc(Nc4ccc(Oc5ccc6ncnn6c5)c(Cl)c4)c23)C1. The molecule has 0 atom stereocenters. The number of hydrogen-bond acceptors (Lipinski definition) is 9. The number of aromatic nitrogens is 5. The van der Waals surface area contributed by atoms with Crippen LogP contribution in [0.4, 0.5) is 11.5 Å². The number of fused-ring (bicyclic) bond motifs is 4. The van der Waals surface area contributed by atoms with Gasteiger partial charge in [-0.1, -0.05) is 17.7 Å². The molecule has 0 bridgehead atoms. The summed E-state index contributed by atoms with van der Waals surface area (Å²) in [6.07, 6.45) is 9.09. The molecule has 1 amide bonds. The Morgan fingerprint density at radius 2 is 2.10 bits per heavy atom. The average Bonchev–Trinajstić information content (AvgIpc) is 3.54. The first-order valence-electron chi connectivity index (χ1n) is 12.3. The van der Waals surface area contributed by atoms with E-state index in [1.165, 1.54) is 11.9 Å². The molecule has 4 aromatic heterocycles. The number of carbonyl (C=O) groups is 1. The number of ether oxygens (including phenoxy) is 1. The lowest BCUT2D eigenvalue weighted by atomic mass is 10.0. The Kier molecular flexibility index (Phi) is 6.86. The first-order chi connectivity index (χ1) is 18.9. The van der Waals surface area contributed by atoms with E-state index < -0.39 is 0 Å². The Bertz CT molecular complexity index is 1710. The molecule has 198 valence electrons. The number of anilines is 2. The van der Waals surface area contributed by atoms with E-state index in [9.17, 15) is 4.79 Å². The van der Waals surface area contributed by atoms with E-state index in [4.69, 9.17) is 16.3 Å². The monoisotopic (exact) mass is 560 g/mol. The Hall–Kier alpha value is -4.06. The van der Waals surface area contributed by atoms with Crippen LogP contribution in [0.2, 0.25) is 5.02 Å². The summed E-state index contributed by atoms with van der Waals surface area (Å²) < 4.78 is 7.61. The number of likely N-dealkylation sites (N-methyl/N-ethyl adjacent to an activating group) is 1. The molecular weight excluding hydrogens is 536 g/mol. The molecule has 5 aromatic rings. The van der Waals surface area contributed by atoms with Gasteiger partial charge in [-0.05, 0) is 56.4 Å². The molecule has 0 fully saturated rings. The van der Waals surface area contributed by atoms with Crippen molar-refractivity contribution in [2.24, 2.45) is 0 Å². The highest BCUT2D eigenvalue weighted by Crippen LogP contribution is 2.39. The molecule has 1 N–H and O–H groups in total. The molecule has 6 rings (SSSR count). The van der Waals surface area contributed by atoms with Crippen LogP contribution in [0.1, 0.15) is 10.4 Å². The van der Waals surface area contributed by atoms with Gasteiger partial charge in [-0.15, -0.1) is 11.3 Å². The van der Waals surface area contributed by atoms with Gasteiger partial charge in [0.2, 0.25) is 5.91 Å². The van der Waals surface area contributed by atoms with Crippen molar-refractivity contribution < 1.29 is 9.53 Å². The third-order valence-corrected chi connectivity index (χ3v) is 7.77. The van der Waals surface area contributed by atoms with Gasteiger partial charge in [-0.2, -0.15) is 5.10 Å². The predicted molar refractivity (Wildman–Crippen MR) is 152 cm³/mol. The van der Waals surface area contributed by atoms with Gasteiger partial charge in [-0.25, -0.2) is 19.5 Å². The maximum atomic E-state index is 12.7. The fourth-order valence-corrected chi connectivity index (χ4v) is 5.89. The maximum absolute atomic E-state index is 12.7. The molecule has 0 spiro atoms. The number of hydrogen-bond donors (Lipinski definition) is 1. The van der Waals surface area contributed by atoms with Crippen LogP contribution in [0.3, 0.4) is 0 Å². The molecule has 5 heterocycles. The number of thiophene rings is 1. The normalized spacial score (nSPS) is 13.5. The first-order valence-corrected chi connectivity index (χ1v) is 13.5. The van der Waals surface area contributed by atoms with Crippen LogP contribution >= 0.6 is 22.9 Å². The minimum atomic E-state index is 0.0301. The van der Waals surface area contributed by atoms with Crippen LogP contribution in [0.5, 0.6) is 11.5 Å². The van der Waals surface area contributed by atoms with E-state index in [1.54, 1.807) is 40.5 Å². The van der Waals surface area contributed by atoms with E-state index in [-0.39, 0.29) is 5.91 Å². The van der Waals surface area contributed by atoms with Crippen molar-refractivity contribution in [3.8, 4) is 11.5 Å². The topological polar surface area (TPSA) is 101 Å². The Labute approximate surface area is 233 Å². The standard InChI is InChI=1S/C27H25ClN8O2S/c1-34(2)10-3-4-24(37)35-11-9-19-22(14-35)39-27-25(19)26(30-15-31-27)33-17-5-7-21(20(28)12-17)38-18-6-8-23-29-16-32-36(23)13-18/h3-8,12-13,15-16H,9-11,14H2,1-2H3,(H,30,31,33)/b4-3+. The van der Waals surface area contributed by atoms with Crippen LogP contribution in [-0.4, -0.2) is 67.5 Å². The zero-order valence-corrected chi connectivity index (χ0v) is 22.9. The van der Waals surface area contributed by atoms with Gasteiger partial charge in [0.05, 0.1) is 23.2 Å². The fraction of sp³-hybridized carbons (Fsp3) is 0.222. The van der Waals surface area contributed by atoms with Crippen LogP contribution in [-0.2, 0) is 17.8 Å². The van der Waals surface area contributed by atoms with Crippen molar-refractivity contribution in [3.05, 3.63) is 76.8 Å². The summed E-state index contributed by atoms with van der Waals surface area (Å²) in [7, 11) is 3.95. The molecule has 10 nitrogen and oxygen atoms in total. The van der Waals surface area contributed by atoms with Crippen LogP contribution in [0.15, 0.2) is 61.3 Å². The molecule has 0 saturated carbocycles. The summed E-state index contributed by atoms with van der Waals surface area (Å²) in [5, 5.41) is 8.98. The van der Waals surface area contributed by atoms with Gasteiger partial charge in [0.1, 0.15) is 34.8 Å². The molecule has 0 radical (unpaired) electrons. The molecule has 39 heavy (non-hydrogen) atoms. The largest absolute Gasteiger partial charge is 0.454 e. The molecule has 0 saturated heterocycles. The summed E-state index contributed by atoms with van der Waals surface area (Å²) in [5.74, 6) is 1.86. The maximum Gasteiger partial charge on any atom is 0.246 e. The summed E-state index contributed by atoms with van der Waals surface area (Å²) in [6, 6.07) is 9.15. The predicted octanol–water partition coefficient (Wildman–Crippen LogP) is 4.93. The molecule has 12 heteroatoms. The number of amides is 1. The van der Waals surface area contributed by atoms with Crippen molar-refractivity contribution in [2.45, 2.75) is 13.0 Å². The van der Waals surface area contributed by atoms with Gasteiger partial charge in [0.25, 0.3) is 0 Å². The minimum Gasteiger partial charge on any atom is -0.454 e. The lowest BCUT2D eigenvalue weighted by molar-refractivity contribution is -0.126. The summed E-state index contributed by atoms with van der Waals surface area (Å²) in [6.45, 7) is 1.95. The van der Waals surface area contributed by atoms with Gasteiger partial charge in [0, 0.05) is 29.7 Å². The third-order valence-electron chi connectivity index (χ3n) is 6.35. The highest BCUT2D eigenvalue weighted by Gasteiger charge is 2.25. The van der Waals surface area contributed by atoms with E-state index in [1.807, 2.05) is 54.2 Å². The van der Waals surface area contributed by atoms with Gasteiger partial charge >= 0.3 is 0 Å². The number of pyridine rings is 1. The second kappa shape index (κ2) is 10.6. The van der Waals surface area contributed by atoms with Crippen LogP contribution in [0.25, 0.3) is 15.9 Å². The smallest absolute Gasteiger partial charge is 0.246 e. The van der Waals surface area contributed by atoms with Crippen molar-refractivity contribution >= 4 is 56.2 Å². The van der Waals surface area contributed by atoms with Gasteiger partial charge < -0.3 is 19.9 Å². The first kappa shape index (κ1) is 25.2. The Balaban J connectivity index is 1.20. The third kappa shape index (κ3) is 5.29. The lowest BCUT2D eigenvalue weighted by Crippen LogP contribution is -2.34. The highest BCUT2D eigenvalue weighted by atomic mass is 35.5. The van der Waals surface area contributed by atoms with Gasteiger partial charge in [-0.3, -0.25) is 4.79 Å². The summed E-state index contributed by atoms with van der Waals surface area (Å²) in [4.78, 5) is 31.8. The summed E-state index contributed by atoms with van der Waals surface area (Å²) in [5.41, 5.74) is 2.70. The molecule has 0 aliphatic carbocycles. The van der Waals surface area contributed by atoms with Crippen molar-refractivity contribution in [3.63, 3.8) is 0 Å². The number of halogens is 1. The molecule has 0 unspecified atom stereocenters. The van der Waals surface area contributed by atoms with Crippen molar-refractivity contribution in [2.75, 3.05) is 32.5 Å². The summed E-state index contributed by atoms with van der Waals surface area (Å²) >= 11 is 8.19. The van der Waals surface area contributed by atoms with E-state index in [2.05, 4.69) is 25.4 Å². The van der Waals surface area contributed by atoms with E-state index in [0.717, 1.165) is 39.4 Å². The fourth-order valence-electron chi connectivity index (χ4n) is 4.46. The zero-order chi connectivity index (χ0) is 26.9. The molecule has 1 aliphatic rings. The number of benzene rings is 1. The number of carbonyl (C=O) groups excluding carboxylic acids is 1. The highest BCUT2D eigenvalue weighted by molar-refractivity contribution is 7.19. The second-order valence-corrected chi connectivity index (χ2v) is 10.9. The second-order valence-electron chi connectivity index (χ2n) is 9.38. The lowest BCUT2D eigenvalue weighted by Gasteiger charge is -2.26. The van der Waals surface area contributed by atoms with Crippen molar-refractivity contribution in [1.82, 2.24) is 34.4 Å². The zero-order valence-electron chi connectivity index (χ0n) is 21.3. The molecule has 1 aliphatic heterocycles. The molecule has 1 aromatic carbocycles. The quantitative estimate of drug-likeness (QED) is 0.280. The Morgan fingerprint density at radius 3 is 2.95 bits per heavy atom. The van der Waals surface area contributed by atoms with Crippen molar-refractivity contribution in [1.29, 1.82) is 0 Å².